The highest BCUT2D eigenvalue weighted by atomic mass is 16.5. The molecule has 130 valence electrons. The van der Waals surface area contributed by atoms with Crippen LogP contribution in [0, 0.1) is 6.92 Å². The van der Waals surface area contributed by atoms with Gasteiger partial charge in [0.1, 0.15) is 18.2 Å². The van der Waals surface area contributed by atoms with Crippen LogP contribution in [-0.2, 0) is 11.4 Å². The molecule has 26 heavy (non-hydrogen) atoms. The highest BCUT2D eigenvalue weighted by molar-refractivity contribution is 6.01. The summed E-state index contributed by atoms with van der Waals surface area (Å²) in [6.07, 6.45) is 6.63. The third kappa shape index (κ3) is 5.27. The van der Waals surface area contributed by atoms with Crippen molar-refractivity contribution in [3.05, 3.63) is 89.9 Å². The normalized spacial score (nSPS) is 10.7. The average molecular weight is 345 g/mol. The molecule has 0 saturated carbocycles. The maximum atomic E-state index is 12.0. The molecular weight excluding hydrogens is 326 g/mol. The third-order valence-electron chi connectivity index (χ3n) is 3.59. The number of aromatic nitrogens is 2. The summed E-state index contributed by atoms with van der Waals surface area (Å²) < 4.78 is 5.69. The molecule has 0 aliphatic carbocycles. The number of carbonyl (C=O) groups is 1. The van der Waals surface area contributed by atoms with Gasteiger partial charge in [0.2, 0.25) is 5.91 Å². The Kier molecular flexibility index (Phi) is 5.72. The number of ether oxygens (including phenoxy) is 1. The number of hydrogen-bond acceptors (Lipinski definition) is 4. The van der Waals surface area contributed by atoms with Crippen LogP contribution in [0.4, 0.5) is 5.82 Å². The number of amides is 1. The van der Waals surface area contributed by atoms with E-state index in [9.17, 15) is 4.79 Å². The summed E-state index contributed by atoms with van der Waals surface area (Å²) in [5.74, 6) is 1.07. The van der Waals surface area contributed by atoms with Crippen molar-refractivity contribution < 1.29 is 9.53 Å². The molecule has 0 radical (unpaired) electrons. The van der Waals surface area contributed by atoms with Gasteiger partial charge < -0.3 is 10.1 Å². The maximum Gasteiger partial charge on any atom is 0.249 e. The number of pyridine rings is 2. The zero-order chi connectivity index (χ0) is 18.2. The maximum absolute atomic E-state index is 12.0. The van der Waals surface area contributed by atoms with Gasteiger partial charge in [0, 0.05) is 18.5 Å². The van der Waals surface area contributed by atoms with Gasteiger partial charge in [-0.3, -0.25) is 9.78 Å². The van der Waals surface area contributed by atoms with Crippen molar-refractivity contribution in [2.45, 2.75) is 13.5 Å². The van der Waals surface area contributed by atoms with Gasteiger partial charge in [-0.1, -0.05) is 18.2 Å². The largest absolute Gasteiger partial charge is 0.487 e. The van der Waals surface area contributed by atoms with Crippen molar-refractivity contribution >= 4 is 17.8 Å². The molecule has 0 atom stereocenters. The van der Waals surface area contributed by atoms with Gasteiger partial charge in [-0.05, 0) is 60.5 Å². The Morgan fingerprint density at radius 3 is 2.65 bits per heavy atom. The fraction of sp³-hybridized carbons (Fsp3) is 0.0952. The van der Waals surface area contributed by atoms with Crippen LogP contribution >= 0.6 is 0 Å². The van der Waals surface area contributed by atoms with E-state index in [2.05, 4.69) is 15.3 Å². The molecule has 2 heterocycles. The molecule has 0 spiro atoms. The Labute approximate surface area is 152 Å². The van der Waals surface area contributed by atoms with Crippen molar-refractivity contribution in [2.24, 2.45) is 0 Å². The van der Waals surface area contributed by atoms with E-state index in [1.165, 1.54) is 6.08 Å². The van der Waals surface area contributed by atoms with E-state index < -0.39 is 0 Å². The average Bonchev–Trinajstić information content (AvgIpc) is 2.66. The van der Waals surface area contributed by atoms with E-state index in [4.69, 9.17) is 4.74 Å². The van der Waals surface area contributed by atoms with Gasteiger partial charge >= 0.3 is 0 Å². The van der Waals surface area contributed by atoms with Crippen LogP contribution in [0.25, 0.3) is 6.08 Å². The van der Waals surface area contributed by atoms with Gasteiger partial charge in [-0.15, -0.1) is 0 Å². The second-order valence-corrected chi connectivity index (χ2v) is 5.72. The molecule has 0 unspecified atom stereocenters. The van der Waals surface area contributed by atoms with E-state index in [1.807, 2.05) is 61.5 Å². The summed E-state index contributed by atoms with van der Waals surface area (Å²) in [6.45, 7) is 2.37. The molecule has 1 amide bonds. The summed E-state index contributed by atoms with van der Waals surface area (Å²) in [5.41, 5.74) is 2.82. The van der Waals surface area contributed by atoms with E-state index in [1.54, 1.807) is 18.5 Å². The minimum atomic E-state index is -0.224. The van der Waals surface area contributed by atoms with Crippen molar-refractivity contribution in [1.29, 1.82) is 0 Å². The van der Waals surface area contributed by atoms with Gasteiger partial charge in [0.25, 0.3) is 0 Å². The topological polar surface area (TPSA) is 64.1 Å². The molecule has 0 bridgehead atoms. The van der Waals surface area contributed by atoms with Gasteiger partial charge in [0.05, 0.1) is 5.69 Å². The minimum absolute atomic E-state index is 0.224. The second-order valence-electron chi connectivity index (χ2n) is 5.72. The number of carbonyl (C=O) groups excluding carboxylic acids is 1. The van der Waals surface area contributed by atoms with Crippen LogP contribution in [0.15, 0.2) is 73.1 Å². The summed E-state index contributed by atoms with van der Waals surface area (Å²) in [6, 6.07) is 16.9. The van der Waals surface area contributed by atoms with E-state index >= 15 is 0 Å². The summed E-state index contributed by atoms with van der Waals surface area (Å²) in [7, 11) is 0. The molecule has 1 aromatic carbocycles. The Bertz CT molecular complexity index is 891. The zero-order valence-electron chi connectivity index (χ0n) is 14.4. The van der Waals surface area contributed by atoms with Gasteiger partial charge in [-0.2, -0.15) is 0 Å². The first-order chi connectivity index (χ1) is 12.7. The van der Waals surface area contributed by atoms with Crippen molar-refractivity contribution in [3.8, 4) is 5.75 Å². The number of hydrogen-bond donors (Lipinski definition) is 1. The van der Waals surface area contributed by atoms with E-state index in [0.717, 1.165) is 22.6 Å². The van der Waals surface area contributed by atoms with Crippen LogP contribution in [-0.4, -0.2) is 15.9 Å². The highest BCUT2D eigenvalue weighted by Crippen LogP contribution is 2.15. The van der Waals surface area contributed by atoms with Crippen LogP contribution in [0.2, 0.25) is 0 Å². The summed E-state index contributed by atoms with van der Waals surface area (Å²) in [4.78, 5) is 20.3. The van der Waals surface area contributed by atoms with E-state index in [-0.39, 0.29) is 5.91 Å². The molecule has 0 aliphatic heterocycles. The fourth-order valence-electron chi connectivity index (χ4n) is 2.26. The van der Waals surface area contributed by atoms with E-state index in [0.29, 0.717) is 12.4 Å². The molecule has 0 saturated heterocycles. The number of nitrogens with zero attached hydrogens (tertiary/aromatic N) is 2. The first-order valence-electron chi connectivity index (χ1n) is 8.23. The molecular formula is C21H19N3O2. The molecule has 3 rings (SSSR count). The lowest BCUT2D eigenvalue weighted by molar-refractivity contribution is -0.111. The lowest BCUT2D eigenvalue weighted by Gasteiger charge is -2.05. The second kappa shape index (κ2) is 8.58. The molecule has 2 aromatic heterocycles. The monoisotopic (exact) mass is 345 g/mol. The molecule has 1 N–H and O–H groups in total. The fourth-order valence-corrected chi connectivity index (χ4v) is 2.26. The van der Waals surface area contributed by atoms with Crippen LogP contribution in [0.1, 0.15) is 16.8 Å². The van der Waals surface area contributed by atoms with Crippen molar-refractivity contribution in [3.63, 3.8) is 0 Å². The number of benzene rings is 1. The molecule has 5 heteroatoms. The summed E-state index contributed by atoms with van der Waals surface area (Å²) in [5, 5.41) is 2.73. The Balaban J connectivity index is 1.53. The number of nitrogens with one attached hydrogen (secondary N) is 1. The smallest absolute Gasteiger partial charge is 0.249 e. The van der Waals surface area contributed by atoms with Gasteiger partial charge in [0.15, 0.2) is 0 Å². The van der Waals surface area contributed by atoms with Crippen molar-refractivity contribution in [2.75, 3.05) is 5.32 Å². The summed E-state index contributed by atoms with van der Waals surface area (Å²) >= 11 is 0. The lowest BCUT2D eigenvalue weighted by atomic mass is 10.2. The standard InChI is InChI=1S/C21H19N3O2/c1-16-11-13-23-20(14-16)24-21(25)10-7-17-5-8-19(9-6-17)26-15-18-4-2-3-12-22-18/h2-14H,15H2,1H3,(H,23,24,25). The van der Waals surface area contributed by atoms with Crippen LogP contribution in [0.3, 0.4) is 0 Å². The quantitative estimate of drug-likeness (QED) is 0.686. The minimum Gasteiger partial charge on any atom is -0.487 e. The van der Waals surface area contributed by atoms with Gasteiger partial charge in [-0.25, -0.2) is 4.98 Å². The Morgan fingerprint density at radius 2 is 1.92 bits per heavy atom. The van der Waals surface area contributed by atoms with Crippen LogP contribution in [0.5, 0.6) is 5.75 Å². The SMILES string of the molecule is Cc1ccnc(NC(=O)C=Cc2ccc(OCc3ccccn3)cc2)c1. The predicted molar refractivity (Wildman–Crippen MR) is 102 cm³/mol. The lowest BCUT2D eigenvalue weighted by Crippen LogP contribution is -2.09. The number of aryl methyl sites for hydroxylation is 1. The molecule has 0 aliphatic rings. The third-order valence-corrected chi connectivity index (χ3v) is 3.59. The number of anilines is 1. The Hall–Kier alpha value is -3.47. The zero-order valence-corrected chi connectivity index (χ0v) is 14.4. The predicted octanol–water partition coefficient (Wildman–Crippen LogP) is 4.02. The highest BCUT2D eigenvalue weighted by Gasteiger charge is 2.00. The molecule has 3 aromatic rings. The first-order valence-corrected chi connectivity index (χ1v) is 8.23. The Morgan fingerprint density at radius 1 is 1.08 bits per heavy atom. The van der Waals surface area contributed by atoms with Crippen LogP contribution < -0.4 is 10.1 Å². The molecule has 0 fully saturated rings. The molecule has 5 nitrogen and oxygen atoms in total. The first kappa shape index (κ1) is 17.4. The van der Waals surface area contributed by atoms with Crippen molar-refractivity contribution in [1.82, 2.24) is 9.97 Å². The number of rotatable bonds is 6.